The van der Waals surface area contributed by atoms with E-state index in [1.807, 2.05) is 0 Å². The molecule has 0 bridgehead atoms. The summed E-state index contributed by atoms with van der Waals surface area (Å²) in [6, 6.07) is 9.23. The second-order valence-corrected chi connectivity index (χ2v) is 8.66. The van der Waals surface area contributed by atoms with Gasteiger partial charge in [0.05, 0.1) is 13.2 Å². The Morgan fingerprint density at radius 3 is 2.11 bits per heavy atom. The van der Waals surface area contributed by atoms with Crippen molar-refractivity contribution in [3.8, 4) is 0 Å². The molecule has 0 unspecified atom stereocenters. The van der Waals surface area contributed by atoms with Gasteiger partial charge < -0.3 is 4.74 Å². The fourth-order valence-corrected chi connectivity index (χ4v) is 5.14. The summed E-state index contributed by atoms with van der Waals surface area (Å²) >= 11 is 0. The van der Waals surface area contributed by atoms with Crippen molar-refractivity contribution < 1.29 is 4.74 Å². The third-order valence-corrected chi connectivity index (χ3v) is 6.92. The van der Waals surface area contributed by atoms with E-state index in [-0.39, 0.29) is 0 Å². The monoisotopic (exact) mass is 366 g/mol. The quantitative estimate of drug-likeness (QED) is 0.343. The van der Waals surface area contributed by atoms with Crippen molar-refractivity contribution in [3.63, 3.8) is 0 Å². The highest BCUT2D eigenvalue weighted by Crippen LogP contribution is 2.44. The lowest BCUT2D eigenvalue weighted by Gasteiger charge is -2.37. The summed E-state index contributed by atoms with van der Waals surface area (Å²) in [7, 11) is 0. The molecule has 1 aromatic rings. The maximum absolute atomic E-state index is 5.71. The first kappa shape index (κ1) is 20.4. The summed E-state index contributed by atoms with van der Waals surface area (Å²) in [6.45, 7) is 7.57. The highest BCUT2D eigenvalue weighted by molar-refractivity contribution is 5.25. The lowest BCUT2D eigenvalue weighted by molar-refractivity contribution is 0.148. The Labute approximate surface area is 166 Å². The molecule has 1 nitrogen and oxygen atoms in total. The van der Waals surface area contributed by atoms with Gasteiger partial charge in [0.25, 0.3) is 0 Å². The third-order valence-electron chi connectivity index (χ3n) is 6.92. The predicted molar refractivity (Wildman–Crippen MR) is 116 cm³/mol. The van der Waals surface area contributed by atoms with Gasteiger partial charge in [-0.3, -0.25) is 0 Å². The first-order chi connectivity index (χ1) is 13.3. The molecule has 3 rings (SSSR count). The van der Waals surface area contributed by atoms with Crippen molar-refractivity contribution in [1.82, 2.24) is 0 Å². The van der Waals surface area contributed by atoms with Gasteiger partial charge in [0.15, 0.2) is 0 Å². The molecule has 148 valence electrons. The Hall–Kier alpha value is -1.34. The number of hydrogen-bond acceptors (Lipinski definition) is 1. The minimum atomic E-state index is 0.717. The topological polar surface area (TPSA) is 9.23 Å². The van der Waals surface area contributed by atoms with Gasteiger partial charge in [-0.25, -0.2) is 0 Å². The maximum Gasteiger partial charge on any atom is 0.0721 e. The normalized spacial score (nSPS) is 29.1. The van der Waals surface area contributed by atoms with Gasteiger partial charge in [0.1, 0.15) is 0 Å². The smallest absolute Gasteiger partial charge is 0.0721 e. The second kappa shape index (κ2) is 10.9. The molecule has 1 heteroatoms. The molecule has 0 atom stereocenters. The second-order valence-electron chi connectivity index (χ2n) is 8.66. The zero-order chi connectivity index (χ0) is 18.9. The summed E-state index contributed by atoms with van der Waals surface area (Å²) in [5.74, 6) is 3.54. The van der Waals surface area contributed by atoms with E-state index in [2.05, 4.69) is 56.0 Å². The average Bonchev–Trinajstić information content (AvgIpc) is 2.74. The number of hydrogen-bond donors (Lipinski definition) is 0. The molecule has 0 spiro atoms. The van der Waals surface area contributed by atoms with E-state index in [1.165, 1.54) is 56.9 Å². The Balaban J connectivity index is 1.41. The van der Waals surface area contributed by atoms with Crippen LogP contribution in [-0.2, 0) is 11.3 Å². The lowest BCUT2D eigenvalue weighted by atomic mass is 9.68. The van der Waals surface area contributed by atoms with Gasteiger partial charge in [-0.15, -0.1) is 6.58 Å². The molecule has 2 aliphatic carbocycles. The van der Waals surface area contributed by atoms with E-state index in [1.54, 1.807) is 5.56 Å². The highest BCUT2D eigenvalue weighted by atomic mass is 16.5. The molecule has 0 aliphatic heterocycles. The van der Waals surface area contributed by atoms with Gasteiger partial charge in [-0.05, 0) is 92.6 Å². The van der Waals surface area contributed by atoms with Crippen LogP contribution < -0.4 is 0 Å². The molecule has 1 aromatic carbocycles. The minimum absolute atomic E-state index is 0.717. The van der Waals surface area contributed by atoms with E-state index >= 15 is 0 Å². The van der Waals surface area contributed by atoms with Crippen molar-refractivity contribution >= 4 is 0 Å². The van der Waals surface area contributed by atoms with Crippen molar-refractivity contribution in [2.24, 2.45) is 17.8 Å². The number of benzene rings is 1. The van der Waals surface area contributed by atoms with Crippen molar-refractivity contribution in [2.75, 3.05) is 6.61 Å². The van der Waals surface area contributed by atoms with Crippen LogP contribution in [0.5, 0.6) is 0 Å². The van der Waals surface area contributed by atoms with Crippen molar-refractivity contribution in [3.05, 3.63) is 60.2 Å². The number of rotatable bonds is 8. The molecule has 27 heavy (non-hydrogen) atoms. The Morgan fingerprint density at radius 2 is 1.52 bits per heavy atom. The van der Waals surface area contributed by atoms with Crippen LogP contribution in [-0.4, -0.2) is 6.61 Å². The third kappa shape index (κ3) is 6.07. The summed E-state index contributed by atoms with van der Waals surface area (Å²) in [5, 5.41) is 0. The first-order valence-corrected chi connectivity index (χ1v) is 11.2. The predicted octanol–water partition coefficient (Wildman–Crippen LogP) is 7.44. The van der Waals surface area contributed by atoms with Crippen LogP contribution in [0.2, 0.25) is 0 Å². The summed E-state index contributed by atoms with van der Waals surface area (Å²) in [4.78, 5) is 0. The molecular formula is C26H38O. The number of allylic oxidation sites excluding steroid dienone is 2. The maximum atomic E-state index is 5.71. The molecule has 2 aliphatic rings. The average molecular weight is 367 g/mol. The van der Waals surface area contributed by atoms with Gasteiger partial charge >= 0.3 is 0 Å². The minimum Gasteiger partial charge on any atom is -0.373 e. The fraction of sp³-hybridized carbons (Fsp3) is 0.615. The molecule has 2 fully saturated rings. The van der Waals surface area contributed by atoms with Crippen LogP contribution >= 0.6 is 0 Å². The molecule has 0 radical (unpaired) electrons. The fourth-order valence-electron chi connectivity index (χ4n) is 5.14. The van der Waals surface area contributed by atoms with Crippen LogP contribution in [0, 0.1) is 17.8 Å². The van der Waals surface area contributed by atoms with Crippen LogP contribution in [0.15, 0.2) is 49.1 Å². The van der Waals surface area contributed by atoms with Crippen LogP contribution in [0.25, 0.3) is 0 Å². The molecule has 0 amide bonds. The van der Waals surface area contributed by atoms with Crippen molar-refractivity contribution in [1.29, 1.82) is 0 Å². The lowest BCUT2D eigenvalue weighted by Crippen LogP contribution is -2.25. The van der Waals surface area contributed by atoms with E-state index in [0.717, 1.165) is 30.1 Å². The standard InChI is InChI=1S/C26H38O/c1-3-5-6-19-27-20-22-9-13-24(14-10-22)26-17-15-25(16-18-26)23-11-7-21(4-2)8-12-23/h4-6,9-10,13-14,21,23,25-26H,2-3,7-8,11-12,15-20H2,1H3/b6-5+/t21-,23-,25?,26?. The van der Waals surface area contributed by atoms with Crippen LogP contribution in [0.3, 0.4) is 0 Å². The van der Waals surface area contributed by atoms with E-state index in [9.17, 15) is 0 Å². The van der Waals surface area contributed by atoms with Crippen molar-refractivity contribution in [2.45, 2.75) is 77.2 Å². The Morgan fingerprint density at radius 1 is 0.889 bits per heavy atom. The zero-order valence-corrected chi connectivity index (χ0v) is 17.2. The molecule has 0 saturated heterocycles. The molecule has 0 heterocycles. The zero-order valence-electron chi connectivity index (χ0n) is 17.2. The molecule has 0 N–H and O–H groups in total. The van der Waals surface area contributed by atoms with E-state index in [4.69, 9.17) is 4.74 Å². The number of ether oxygens (including phenoxy) is 1. The Bertz CT molecular complexity index is 569. The Kier molecular flexibility index (Phi) is 8.20. The van der Waals surface area contributed by atoms with Crippen LogP contribution in [0.1, 0.15) is 81.8 Å². The molecule has 0 aromatic heterocycles. The van der Waals surface area contributed by atoms with E-state index in [0.29, 0.717) is 13.2 Å². The van der Waals surface area contributed by atoms with Crippen LogP contribution in [0.4, 0.5) is 0 Å². The van der Waals surface area contributed by atoms with Gasteiger partial charge in [0.2, 0.25) is 0 Å². The first-order valence-electron chi connectivity index (χ1n) is 11.2. The highest BCUT2D eigenvalue weighted by Gasteiger charge is 2.30. The molecular weight excluding hydrogens is 328 g/mol. The largest absolute Gasteiger partial charge is 0.373 e. The van der Waals surface area contributed by atoms with Gasteiger partial charge in [0, 0.05) is 0 Å². The molecule has 2 saturated carbocycles. The SMILES string of the molecule is C=C[C@H]1CC[C@H](C2CCC(c3ccc(COC/C=C/CC)cc3)CC2)CC1. The summed E-state index contributed by atoms with van der Waals surface area (Å²) in [6.07, 6.45) is 18.8. The summed E-state index contributed by atoms with van der Waals surface area (Å²) in [5.41, 5.74) is 2.83. The van der Waals surface area contributed by atoms with Gasteiger partial charge in [-0.2, -0.15) is 0 Å². The summed E-state index contributed by atoms with van der Waals surface area (Å²) < 4.78 is 5.71. The van der Waals surface area contributed by atoms with E-state index < -0.39 is 0 Å². The van der Waals surface area contributed by atoms with Gasteiger partial charge in [-0.1, -0.05) is 49.4 Å².